The summed E-state index contributed by atoms with van der Waals surface area (Å²) in [7, 11) is 0. The summed E-state index contributed by atoms with van der Waals surface area (Å²) in [5, 5.41) is 24.6. The molecule has 3 N–H and O–H groups in total. The Morgan fingerprint density at radius 1 is 1.06 bits per heavy atom. The third-order valence-corrected chi connectivity index (χ3v) is 1.60. The van der Waals surface area contributed by atoms with E-state index in [1.807, 2.05) is 24.3 Å². The van der Waals surface area contributed by atoms with Gasteiger partial charge in [-0.1, -0.05) is 18.2 Å². The van der Waals surface area contributed by atoms with Crippen LogP contribution in [-0.4, -0.2) is 27.3 Å². The second kappa shape index (κ2) is 4.83. The van der Waals surface area contributed by atoms with Crippen molar-refractivity contribution < 1.29 is 29.3 Å². The van der Waals surface area contributed by atoms with Gasteiger partial charge < -0.3 is 19.7 Å². The van der Waals surface area contributed by atoms with Crippen LogP contribution in [0.15, 0.2) is 34.7 Å². The summed E-state index contributed by atoms with van der Waals surface area (Å²) in [6.45, 7) is 0. The number of hydrogen-bond donors (Lipinski definition) is 3. The normalized spacial score (nSPS) is 9.25. The maximum atomic E-state index is 9.10. The van der Waals surface area contributed by atoms with Crippen molar-refractivity contribution in [3.05, 3.63) is 30.3 Å². The fraction of sp³-hybridized carbons (Fsp3) is 0. The number of rotatable bonds is 0. The monoisotopic (exact) mass is 224 g/mol. The first-order chi connectivity index (χ1) is 7.50. The molecule has 6 heteroatoms. The molecule has 0 aliphatic rings. The van der Waals surface area contributed by atoms with E-state index in [0.717, 1.165) is 11.0 Å². The highest BCUT2D eigenvalue weighted by Gasteiger charge is 2.04. The first kappa shape index (κ1) is 11.6. The third kappa shape index (κ3) is 3.02. The van der Waals surface area contributed by atoms with Gasteiger partial charge in [-0.3, -0.25) is 0 Å². The Morgan fingerprint density at radius 3 is 2.12 bits per heavy atom. The second-order valence-corrected chi connectivity index (χ2v) is 2.73. The SMILES string of the molecule is O=C(O)C(=O)O.Oc1cc2ccccc2o1. The van der Waals surface area contributed by atoms with E-state index in [1.165, 1.54) is 0 Å². The standard InChI is InChI=1S/C8H6O2.C2H2O4/c9-8-5-6-3-1-2-4-7(6)10-8;3-1(4)2(5)6/h1-5,9H;(H,3,4)(H,5,6). The fourth-order valence-corrected chi connectivity index (χ4v) is 0.968. The highest BCUT2D eigenvalue weighted by Crippen LogP contribution is 2.22. The second-order valence-electron chi connectivity index (χ2n) is 2.73. The van der Waals surface area contributed by atoms with Crippen LogP contribution in [0.5, 0.6) is 5.95 Å². The largest absolute Gasteiger partial charge is 0.481 e. The van der Waals surface area contributed by atoms with Crippen molar-refractivity contribution in [1.29, 1.82) is 0 Å². The molecule has 6 nitrogen and oxygen atoms in total. The smallest absolute Gasteiger partial charge is 0.414 e. The zero-order chi connectivity index (χ0) is 12.1. The third-order valence-electron chi connectivity index (χ3n) is 1.60. The van der Waals surface area contributed by atoms with Crippen molar-refractivity contribution in [3.8, 4) is 5.95 Å². The molecule has 1 aromatic carbocycles. The number of aromatic hydroxyl groups is 1. The van der Waals surface area contributed by atoms with Gasteiger partial charge in [-0.25, -0.2) is 9.59 Å². The molecule has 0 fully saturated rings. The zero-order valence-corrected chi connectivity index (χ0v) is 7.95. The Labute approximate surface area is 89.3 Å². The lowest BCUT2D eigenvalue weighted by Gasteiger charge is -1.81. The van der Waals surface area contributed by atoms with E-state index in [9.17, 15) is 0 Å². The molecular formula is C10H8O6. The van der Waals surface area contributed by atoms with Crippen molar-refractivity contribution >= 4 is 22.9 Å². The summed E-state index contributed by atoms with van der Waals surface area (Å²) in [5.74, 6) is -3.67. The van der Waals surface area contributed by atoms with Crippen LogP contribution in [0.1, 0.15) is 0 Å². The minimum Gasteiger partial charge on any atom is -0.481 e. The van der Waals surface area contributed by atoms with Gasteiger partial charge in [0.15, 0.2) is 0 Å². The minimum absolute atomic E-state index is 0.0267. The zero-order valence-electron chi connectivity index (χ0n) is 7.95. The lowest BCUT2D eigenvalue weighted by Crippen LogP contribution is -2.09. The molecule has 0 amide bonds. The predicted molar refractivity (Wildman–Crippen MR) is 53.2 cm³/mol. The van der Waals surface area contributed by atoms with Crippen LogP contribution < -0.4 is 0 Å². The highest BCUT2D eigenvalue weighted by molar-refractivity contribution is 6.27. The van der Waals surface area contributed by atoms with E-state index in [1.54, 1.807) is 6.07 Å². The van der Waals surface area contributed by atoms with Crippen LogP contribution in [0.25, 0.3) is 11.0 Å². The van der Waals surface area contributed by atoms with Gasteiger partial charge in [0, 0.05) is 11.5 Å². The average molecular weight is 224 g/mol. The van der Waals surface area contributed by atoms with Crippen LogP contribution in [-0.2, 0) is 9.59 Å². The Balaban J connectivity index is 0.000000187. The van der Waals surface area contributed by atoms with Crippen molar-refractivity contribution in [1.82, 2.24) is 0 Å². The van der Waals surface area contributed by atoms with Gasteiger partial charge in [0.25, 0.3) is 5.95 Å². The lowest BCUT2D eigenvalue weighted by molar-refractivity contribution is -0.159. The predicted octanol–water partition coefficient (Wildman–Crippen LogP) is 1.29. The molecule has 2 aromatic rings. The molecule has 84 valence electrons. The van der Waals surface area contributed by atoms with Gasteiger partial charge in [0.1, 0.15) is 5.58 Å². The minimum atomic E-state index is -1.82. The Kier molecular flexibility index (Phi) is 3.49. The van der Waals surface area contributed by atoms with Gasteiger partial charge in [0.2, 0.25) is 0 Å². The van der Waals surface area contributed by atoms with Crippen molar-refractivity contribution in [3.63, 3.8) is 0 Å². The molecular weight excluding hydrogens is 216 g/mol. The number of aliphatic carboxylic acids is 2. The quantitative estimate of drug-likeness (QED) is 0.582. The number of carboxylic acids is 2. The molecule has 0 aliphatic carbocycles. The van der Waals surface area contributed by atoms with Crippen molar-refractivity contribution in [2.75, 3.05) is 0 Å². The maximum Gasteiger partial charge on any atom is 0.414 e. The number of carboxylic acid groups (broad SMARTS) is 2. The molecule has 0 aliphatic heterocycles. The summed E-state index contributed by atoms with van der Waals surface area (Å²) < 4.78 is 4.92. The summed E-state index contributed by atoms with van der Waals surface area (Å²) >= 11 is 0. The molecule has 0 spiro atoms. The van der Waals surface area contributed by atoms with Crippen LogP contribution in [0.4, 0.5) is 0 Å². The number of hydrogen-bond acceptors (Lipinski definition) is 4. The van der Waals surface area contributed by atoms with Crippen molar-refractivity contribution in [2.45, 2.75) is 0 Å². The molecule has 2 rings (SSSR count). The van der Waals surface area contributed by atoms with Gasteiger partial charge >= 0.3 is 11.9 Å². The first-order valence-corrected chi connectivity index (χ1v) is 4.14. The number of fused-ring (bicyclic) bond motifs is 1. The van der Waals surface area contributed by atoms with Gasteiger partial charge in [-0.2, -0.15) is 0 Å². The average Bonchev–Trinajstić information content (AvgIpc) is 2.58. The highest BCUT2D eigenvalue weighted by atomic mass is 16.5. The van der Waals surface area contributed by atoms with E-state index >= 15 is 0 Å². The van der Waals surface area contributed by atoms with Crippen LogP contribution >= 0.6 is 0 Å². The van der Waals surface area contributed by atoms with Crippen LogP contribution in [0.2, 0.25) is 0 Å². The van der Waals surface area contributed by atoms with E-state index in [2.05, 4.69) is 0 Å². The van der Waals surface area contributed by atoms with Gasteiger partial charge in [-0.15, -0.1) is 0 Å². The lowest BCUT2D eigenvalue weighted by atomic mass is 10.3. The van der Waals surface area contributed by atoms with Gasteiger partial charge in [0.05, 0.1) is 0 Å². The topological polar surface area (TPSA) is 108 Å². The Morgan fingerprint density at radius 2 is 1.62 bits per heavy atom. The van der Waals surface area contributed by atoms with Crippen LogP contribution in [0.3, 0.4) is 0 Å². The maximum absolute atomic E-state index is 9.10. The van der Waals surface area contributed by atoms with E-state index in [4.69, 9.17) is 29.3 Å². The molecule has 0 bridgehead atoms. The molecule has 0 unspecified atom stereocenters. The Hall–Kier alpha value is -2.50. The Bertz CT molecular complexity index is 468. The molecule has 0 radical (unpaired) electrons. The molecule has 16 heavy (non-hydrogen) atoms. The fourth-order valence-electron chi connectivity index (χ4n) is 0.968. The van der Waals surface area contributed by atoms with E-state index < -0.39 is 11.9 Å². The van der Waals surface area contributed by atoms with E-state index in [0.29, 0.717) is 0 Å². The molecule has 0 saturated carbocycles. The summed E-state index contributed by atoms with van der Waals surface area (Å²) in [6, 6.07) is 9.06. The summed E-state index contributed by atoms with van der Waals surface area (Å²) in [4.78, 5) is 18.2. The molecule has 0 saturated heterocycles. The summed E-state index contributed by atoms with van der Waals surface area (Å²) in [5.41, 5.74) is 0.722. The first-order valence-electron chi connectivity index (χ1n) is 4.14. The van der Waals surface area contributed by atoms with Gasteiger partial charge in [-0.05, 0) is 6.07 Å². The van der Waals surface area contributed by atoms with Crippen LogP contribution in [0, 0.1) is 0 Å². The van der Waals surface area contributed by atoms with E-state index in [-0.39, 0.29) is 5.95 Å². The molecule has 1 heterocycles. The number of furan rings is 1. The number of para-hydroxylation sites is 1. The summed E-state index contributed by atoms with van der Waals surface area (Å²) in [6.07, 6.45) is 0. The number of carbonyl (C=O) groups is 2. The van der Waals surface area contributed by atoms with Crippen molar-refractivity contribution in [2.24, 2.45) is 0 Å². The molecule has 1 aromatic heterocycles. The number of benzene rings is 1. The molecule has 0 atom stereocenters.